The molecule has 1 aromatic carbocycles. The zero-order valence-electron chi connectivity index (χ0n) is 13.6. The Hall–Kier alpha value is -1.57. The maximum Gasteiger partial charge on any atom is 0.233 e. The van der Waals surface area contributed by atoms with Crippen LogP contribution in [0.25, 0.3) is 0 Å². The summed E-state index contributed by atoms with van der Waals surface area (Å²) in [4.78, 5) is 14.0. The van der Waals surface area contributed by atoms with Gasteiger partial charge in [-0.3, -0.25) is 4.79 Å². The molecule has 0 spiro atoms. The Morgan fingerprint density at radius 1 is 1.46 bits per heavy atom. The fourth-order valence-electron chi connectivity index (χ4n) is 1.93. The summed E-state index contributed by atoms with van der Waals surface area (Å²) in [5.74, 6) is 0.414. The number of nitrogens with zero attached hydrogens (tertiary/aromatic N) is 3. The van der Waals surface area contributed by atoms with Crippen molar-refractivity contribution in [1.82, 2.24) is 15.1 Å². The van der Waals surface area contributed by atoms with E-state index < -0.39 is 0 Å². The maximum atomic E-state index is 12.2. The Morgan fingerprint density at radius 3 is 2.92 bits per heavy atom. The molecule has 0 fully saturated rings. The smallest absolute Gasteiger partial charge is 0.233 e. The van der Waals surface area contributed by atoms with Gasteiger partial charge in [-0.2, -0.15) is 0 Å². The molecular weight excluding hydrogens is 364 g/mol. The van der Waals surface area contributed by atoms with Crippen LogP contribution in [-0.4, -0.2) is 39.8 Å². The SMILES string of the molecule is C=C(C)CN(CC)C(=O)CSc1nnc(Nc2cccc(Cl)c2)s1. The third-order valence-corrected chi connectivity index (χ3v) is 5.19. The molecule has 128 valence electrons. The topological polar surface area (TPSA) is 58.1 Å². The van der Waals surface area contributed by atoms with Gasteiger partial charge in [0.15, 0.2) is 4.34 Å². The number of rotatable bonds is 8. The zero-order valence-corrected chi connectivity index (χ0v) is 16.0. The van der Waals surface area contributed by atoms with Crippen molar-refractivity contribution in [2.24, 2.45) is 0 Å². The van der Waals surface area contributed by atoms with Crippen LogP contribution in [0.3, 0.4) is 0 Å². The van der Waals surface area contributed by atoms with Gasteiger partial charge in [0.1, 0.15) is 0 Å². The van der Waals surface area contributed by atoms with E-state index in [2.05, 4.69) is 22.1 Å². The number of hydrogen-bond donors (Lipinski definition) is 1. The number of carbonyl (C=O) groups is 1. The lowest BCUT2D eigenvalue weighted by molar-refractivity contribution is -0.127. The molecule has 2 aromatic rings. The number of halogens is 1. The molecule has 2 rings (SSSR count). The van der Waals surface area contributed by atoms with Crippen LogP contribution >= 0.6 is 34.7 Å². The molecule has 1 heterocycles. The van der Waals surface area contributed by atoms with Gasteiger partial charge in [-0.25, -0.2) is 0 Å². The lowest BCUT2D eigenvalue weighted by Gasteiger charge is -2.20. The first-order valence-electron chi connectivity index (χ1n) is 7.39. The van der Waals surface area contributed by atoms with Crippen LogP contribution in [0.2, 0.25) is 5.02 Å². The summed E-state index contributed by atoms with van der Waals surface area (Å²) in [5, 5.41) is 12.7. The number of carbonyl (C=O) groups excluding carboxylic acids is 1. The summed E-state index contributed by atoms with van der Waals surface area (Å²) in [7, 11) is 0. The summed E-state index contributed by atoms with van der Waals surface area (Å²) < 4.78 is 0.749. The molecule has 5 nitrogen and oxygen atoms in total. The zero-order chi connectivity index (χ0) is 17.5. The number of likely N-dealkylation sites (N-methyl/N-ethyl adjacent to an activating group) is 1. The van der Waals surface area contributed by atoms with Crippen LogP contribution in [0, 0.1) is 0 Å². The summed E-state index contributed by atoms with van der Waals surface area (Å²) >= 11 is 8.75. The van der Waals surface area contributed by atoms with Crippen molar-refractivity contribution in [2.75, 3.05) is 24.2 Å². The molecule has 8 heteroatoms. The molecule has 0 bridgehead atoms. The molecule has 0 saturated carbocycles. The van der Waals surface area contributed by atoms with E-state index in [-0.39, 0.29) is 5.91 Å². The highest BCUT2D eigenvalue weighted by Crippen LogP contribution is 2.28. The first-order chi connectivity index (χ1) is 11.5. The number of amides is 1. The van der Waals surface area contributed by atoms with Crippen molar-refractivity contribution in [2.45, 2.75) is 18.2 Å². The lowest BCUT2D eigenvalue weighted by Crippen LogP contribution is -2.33. The minimum atomic E-state index is 0.0741. The van der Waals surface area contributed by atoms with E-state index in [0.29, 0.717) is 29.0 Å². The standard InChI is InChI=1S/C16H19ClN4OS2/c1-4-21(9-11(2)3)14(22)10-23-16-20-19-15(24-16)18-13-7-5-6-12(17)8-13/h5-8H,2,4,9-10H2,1,3H3,(H,18,19). The third-order valence-electron chi connectivity index (χ3n) is 3.00. The van der Waals surface area contributed by atoms with Crippen molar-refractivity contribution < 1.29 is 4.79 Å². The molecule has 0 atom stereocenters. The highest BCUT2D eigenvalue weighted by molar-refractivity contribution is 8.01. The fraction of sp³-hybridized carbons (Fsp3) is 0.312. The number of nitrogens with one attached hydrogen (secondary N) is 1. The lowest BCUT2D eigenvalue weighted by atomic mass is 10.3. The van der Waals surface area contributed by atoms with Crippen LogP contribution in [0.15, 0.2) is 40.8 Å². The van der Waals surface area contributed by atoms with Gasteiger partial charge in [0.2, 0.25) is 11.0 Å². The Morgan fingerprint density at radius 2 is 2.25 bits per heavy atom. The molecule has 1 amide bonds. The highest BCUT2D eigenvalue weighted by atomic mass is 35.5. The van der Waals surface area contributed by atoms with Crippen LogP contribution in [-0.2, 0) is 4.79 Å². The normalized spacial score (nSPS) is 10.5. The Balaban J connectivity index is 1.89. The highest BCUT2D eigenvalue weighted by Gasteiger charge is 2.14. The predicted octanol–water partition coefficient (Wildman–Crippen LogP) is 4.45. The average Bonchev–Trinajstić information content (AvgIpc) is 2.97. The Bertz CT molecular complexity index is 720. The van der Waals surface area contributed by atoms with E-state index in [4.69, 9.17) is 11.6 Å². The average molecular weight is 383 g/mol. The van der Waals surface area contributed by atoms with Crippen molar-refractivity contribution in [3.05, 3.63) is 41.4 Å². The number of hydrogen-bond acceptors (Lipinski definition) is 6. The largest absolute Gasteiger partial charge is 0.338 e. The minimum Gasteiger partial charge on any atom is -0.338 e. The predicted molar refractivity (Wildman–Crippen MR) is 102 cm³/mol. The van der Waals surface area contributed by atoms with Crippen molar-refractivity contribution >= 4 is 51.4 Å². The second-order valence-electron chi connectivity index (χ2n) is 5.16. The monoisotopic (exact) mass is 382 g/mol. The summed E-state index contributed by atoms with van der Waals surface area (Å²) in [6, 6.07) is 7.39. The van der Waals surface area contributed by atoms with Crippen LogP contribution in [0.4, 0.5) is 10.8 Å². The van der Waals surface area contributed by atoms with Gasteiger partial charge in [0.05, 0.1) is 5.75 Å². The van der Waals surface area contributed by atoms with Gasteiger partial charge in [0, 0.05) is 23.8 Å². The fourth-order valence-corrected chi connectivity index (χ4v) is 3.79. The van der Waals surface area contributed by atoms with E-state index >= 15 is 0 Å². The van der Waals surface area contributed by atoms with Gasteiger partial charge in [-0.05, 0) is 32.0 Å². The third kappa shape index (κ3) is 5.81. The van der Waals surface area contributed by atoms with Gasteiger partial charge >= 0.3 is 0 Å². The number of thioether (sulfide) groups is 1. The minimum absolute atomic E-state index is 0.0741. The van der Waals surface area contributed by atoms with Gasteiger partial charge in [0.25, 0.3) is 0 Å². The number of aromatic nitrogens is 2. The van der Waals surface area contributed by atoms with Crippen molar-refractivity contribution in [3.8, 4) is 0 Å². The molecular formula is C16H19ClN4OS2. The molecule has 0 aliphatic rings. The van der Waals surface area contributed by atoms with Crippen LogP contribution in [0.1, 0.15) is 13.8 Å². The first-order valence-corrected chi connectivity index (χ1v) is 9.57. The summed E-state index contributed by atoms with van der Waals surface area (Å²) in [5.41, 5.74) is 1.82. The molecule has 1 N–H and O–H groups in total. The van der Waals surface area contributed by atoms with Gasteiger partial charge in [-0.1, -0.05) is 52.9 Å². The molecule has 0 aliphatic heterocycles. The van der Waals surface area contributed by atoms with E-state index in [1.54, 1.807) is 4.90 Å². The van der Waals surface area contributed by atoms with E-state index in [1.165, 1.54) is 23.1 Å². The molecule has 0 aliphatic carbocycles. The van der Waals surface area contributed by atoms with E-state index in [9.17, 15) is 4.79 Å². The Kier molecular flexibility index (Phi) is 7.08. The molecule has 0 radical (unpaired) electrons. The first kappa shape index (κ1) is 18.8. The number of anilines is 2. The van der Waals surface area contributed by atoms with Gasteiger partial charge < -0.3 is 10.2 Å². The molecule has 1 aromatic heterocycles. The molecule has 0 saturated heterocycles. The van der Waals surface area contributed by atoms with Crippen LogP contribution in [0.5, 0.6) is 0 Å². The second kappa shape index (κ2) is 9.05. The van der Waals surface area contributed by atoms with Crippen molar-refractivity contribution in [3.63, 3.8) is 0 Å². The van der Waals surface area contributed by atoms with E-state index in [1.807, 2.05) is 38.1 Å². The quantitative estimate of drug-likeness (QED) is 0.539. The van der Waals surface area contributed by atoms with E-state index in [0.717, 1.165) is 15.6 Å². The maximum absolute atomic E-state index is 12.2. The van der Waals surface area contributed by atoms with Gasteiger partial charge in [-0.15, -0.1) is 10.2 Å². The summed E-state index contributed by atoms with van der Waals surface area (Å²) in [6.45, 7) is 9.00. The number of benzene rings is 1. The molecule has 24 heavy (non-hydrogen) atoms. The second-order valence-corrected chi connectivity index (χ2v) is 7.80. The molecule has 0 unspecified atom stereocenters. The Labute approximate surface area is 155 Å². The summed E-state index contributed by atoms with van der Waals surface area (Å²) in [6.07, 6.45) is 0. The van der Waals surface area contributed by atoms with Crippen molar-refractivity contribution in [1.29, 1.82) is 0 Å². The van der Waals surface area contributed by atoms with Crippen LogP contribution < -0.4 is 5.32 Å².